The van der Waals surface area contributed by atoms with Crippen LogP contribution in [0.2, 0.25) is 0 Å². The lowest BCUT2D eigenvalue weighted by Gasteiger charge is -2.40. The number of ketones is 1. The number of rotatable bonds is 1. The summed E-state index contributed by atoms with van der Waals surface area (Å²) in [7, 11) is 0. The van der Waals surface area contributed by atoms with E-state index in [1.807, 2.05) is 0 Å². The summed E-state index contributed by atoms with van der Waals surface area (Å²) in [6, 6.07) is 0. The van der Waals surface area contributed by atoms with Crippen molar-refractivity contribution in [2.75, 3.05) is 0 Å². The highest BCUT2D eigenvalue weighted by atomic mass is 16.1. The third kappa shape index (κ3) is 2.02. The Bertz CT molecular complexity index is 288. The third-order valence-corrected chi connectivity index (χ3v) is 4.28. The first-order valence-electron chi connectivity index (χ1n) is 6.29. The van der Waals surface area contributed by atoms with E-state index in [9.17, 15) is 4.79 Å². The fourth-order valence-corrected chi connectivity index (χ4v) is 3.37. The summed E-state index contributed by atoms with van der Waals surface area (Å²) in [4.78, 5) is 11.9. The zero-order chi connectivity index (χ0) is 11.0. The van der Waals surface area contributed by atoms with Gasteiger partial charge in [0.05, 0.1) is 0 Å². The Morgan fingerprint density at radius 2 is 2.00 bits per heavy atom. The molecule has 1 fully saturated rings. The highest BCUT2D eigenvalue weighted by molar-refractivity contribution is 5.82. The Morgan fingerprint density at radius 1 is 1.27 bits per heavy atom. The van der Waals surface area contributed by atoms with Crippen molar-refractivity contribution in [2.45, 2.75) is 46.5 Å². The summed E-state index contributed by atoms with van der Waals surface area (Å²) < 4.78 is 0. The number of carbonyl (C=O) groups is 1. The lowest BCUT2D eigenvalue weighted by atomic mass is 9.63. The van der Waals surface area contributed by atoms with Gasteiger partial charge in [-0.15, -0.1) is 0 Å². The Hall–Kier alpha value is -0.590. The molecule has 0 saturated heterocycles. The van der Waals surface area contributed by atoms with E-state index in [2.05, 4.69) is 26.8 Å². The van der Waals surface area contributed by atoms with Crippen LogP contribution in [0.25, 0.3) is 0 Å². The van der Waals surface area contributed by atoms with Crippen LogP contribution in [0.1, 0.15) is 46.5 Å². The minimum atomic E-state index is 0.356. The number of hydrogen-bond donors (Lipinski definition) is 0. The van der Waals surface area contributed by atoms with E-state index in [0.717, 1.165) is 31.6 Å². The molecule has 84 valence electrons. The molecule has 15 heavy (non-hydrogen) atoms. The molecule has 0 heterocycles. The van der Waals surface area contributed by atoms with Crippen molar-refractivity contribution in [2.24, 2.45) is 23.7 Å². The summed E-state index contributed by atoms with van der Waals surface area (Å²) in [6.45, 7) is 6.82. The first-order chi connectivity index (χ1) is 7.09. The molecule has 0 bridgehead atoms. The van der Waals surface area contributed by atoms with Gasteiger partial charge in [-0.25, -0.2) is 0 Å². The Labute approximate surface area is 92.9 Å². The maximum Gasteiger partial charge on any atom is 0.136 e. The molecule has 2 rings (SSSR count). The third-order valence-electron chi connectivity index (χ3n) is 4.28. The van der Waals surface area contributed by atoms with Gasteiger partial charge in [0.15, 0.2) is 0 Å². The number of Topliss-reactive ketones (excluding diaryl/α,β-unsaturated/α-hetero) is 1. The minimum Gasteiger partial charge on any atom is -0.299 e. The van der Waals surface area contributed by atoms with Crippen LogP contribution in [0.3, 0.4) is 0 Å². The first-order valence-corrected chi connectivity index (χ1v) is 6.29. The van der Waals surface area contributed by atoms with E-state index in [1.165, 1.54) is 5.57 Å². The van der Waals surface area contributed by atoms with E-state index >= 15 is 0 Å². The van der Waals surface area contributed by atoms with Gasteiger partial charge in [-0.2, -0.15) is 0 Å². The number of hydrogen-bond acceptors (Lipinski definition) is 1. The van der Waals surface area contributed by atoms with Crippen molar-refractivity contribution in [1.29, 1.82) is 0 Å². The van der Waals surface area contributed by atoms with Crippen molar-refractivity contribution in [3.8, 4) is 0 Å². The molecule has 0 radical (unpaired) electrons. The molecule has 0 aromatic heterocycles. The van der Waals surface area contributed by atoms with Gasteiger partial charge in [-0.1, -0.05) is 25.5 Å². The Balaban J connectivity index is 2.24. The van der Waals surface area contributed by atoms with Crippen LogP contribution in [-0.4, -0.2) is 5.78 Å². The summed E-state index contributed by atoms with van der Waals surface area (Å²) in [5.74, 6) is 2.89. The second kappa shape index (κ2) is 4.11. The van der Waals surface area contributed by atoms with E-state index in [1.54, 1.807) is 0 Å². The number of allylic oxidation sites excluding steroid dienone is 2. The van der Waals surface area contributed by atoms with Gasteiger partial charge in [0.25, 0.3) is 0 Å². The predicted octanol–water partition coefficient (Wildman–Crippen LogP) is 3.59. The highest BCUT2D eigenvalue weighted by Crippen LogP contribution is 2.43. The highest BCUT2D eigenvalue weighted by Gasteiger charge is 2.39. The fourth-order valence-electron chi connectivity index (χ4n) is 3.37. The molecule has 0 amide bonds. The monoisotopic (exact) mass is 206 g/mol. The van der Waals surface area contributed by atoms with Crippen molar-refractivity contribution in [1.82, 2.24) is 0 Å². The lowest BCUT2D eigenvalue weighted by molar-refractivity contribution is -0.128. The van der Waals surface area contributed by atoms with Gasteiger partial charge < -0.3 is 0 Å². The fraction of sp³-hybridized carbons (Fsp3) is 0.786. The minimum absolute atomic E-state index is 0.356. The van der Waals surface area contributed by atoms with Crippen molar-refractivity contribution >= 4 is 5.78 Å². The van der Waals surface area contributed by atoms with Crippen LogP contribution in [0.5, 0.6) is 0 Å². The standard InChI is InChI=1S/C14H22O/c1-9(2)11-6-7-14(15)12-5-4-10(3)8-13(11)12/h8-9,11-13H,4-7H2,1-3H3. The zero-order valence-electron chi connectivity index (χ0n) is 10.1. The lowest BCUT2D eigenvalue weighted by Crippen LogP contribution is -2.38. The summed E-state index contributed by atoms with van der Waals surface area (Å²) in [6.07, 6.45) is 6.58. The van der Waals surface area contributed by atoms with E-state index in [0.29, 0.717) is 23.5 Å². The van der Waals surface area contributed by atoms with Gasteiger partial charge in [-0.3, -0.25) is 4.79 Å². The molecule has 0 aliphatic heterocycles. The van der Waals surface area contributed by atoms with Crippen LogP contribution in [0.15, 0.2) is 11.6 Å². The van der Waals surface area contributed by atoms with Gasteiger partial charge in [0, 0.05) is 12.3 Å². The summed E-state index contributed by atoms with van der Waals surface area (Å²) >= 11 is 0. The van der Waals surface area contributed by atoms with Crippen LogP contribution in [-0.2, 0) is 4.79 Å². The maximum atomic E-state index is 11.9. The molecule has 1 heteroatoms. The van der Waals surface area contributed by atoms with Gasteiger partial charge in [0.2, 0.25) is 0 Å². The molecule has 0 aromatic carbocycles. The molecule has 0 aromatic rings. The second-order valence-corrected chi connectivity index (χ2v) is 5.65. The largest absolute Gasteiger partial charge is 0.299 e. The Kier molecular flexibility index (Phi) is 2.99. The van der Waals surface area contributed by atoms with Crippen LogP contribution >= 0.6 is 0 Å². The number of fused-ring (bicyclic) bond motifs is 1. The van der Waals surface area contributed by atoms with Crippen molar-refractivity contribution in [3.63, 3.8) is 0 Å². The maximum absolute atomic E-state index is 11.9. The zero-order valence-corrected chi connectivity index (χ0v) is 10.1. The summed E-state index contributed by atoms with van der Waals surface area (Å²) in [5, 5.41) is 0. The average Bonchev–Trinajstić information content (AvgIpc) is 2.17. The normalized spacial score (nSPS) is 36.4. The van der Waals surface area contributed by atoms with Gasteiger partial charge in [-0.05, 0) is 43.9 Å². The smallest absolute Gasteiger partial charge is 0.136 e. The van der Waals surface area contributed by atoms with E-state index in [-0.39, 0.29) is 0 Å². The van der Waals surface area contributed by atoms with Crippen molar-refractivity contribution in [3.05, 3.63) is 11.6 Å². The molecule has 3 atom stereocenters. The topological polar surface area (TPSA) is 17.1 Å². The molecule has 2 aliphatic carbocycles. The van der Waals surface area contributed by atoms with Gasteiger partial charge >= 0.3 is 0 Å². The molecule has 1 nitrogen and oxygen atoms in total. The molecular weight excluding hydrogens is 184 g/mol. The first kappa shape index (κ1) is 10.9. The average molecular weight is 206 g/mol. The predicted molar refractivity (Wildman–Crippen MR) is 62.5 cm³/mol. The van der Waals surface area contributed by atoms with E-state index < -0.39 is 0 Å². The number of carbonyl (C=O) groups excluding carboxylic acids is 1. The second-order valence-electron chi connectivity index (χ2n) is 5.65. The molecule has 0 spiro atoms. The van der Waals surface area contributed by atoms with Crippen LogP contribution in [0, 0.1) is 23.7 Å². The Morgan fingerprint density at radius 3 is 2.67 bits per heavy atom. The summed E-state index contributed by atoms with van der Waals surface area (Å²) in [5.41, 5.74) is 1.50. The molecule has 1 saturated carbocycles. The van der Waals surface area contributed by atoms with Crippen LogP contribution in [0.4, 0.5) is 0 Å². The molecular formula is C14H22O. The van der Waals surface area contributed by atoms with Crippen LogP contribution < -0.4 is 0 Å². The molecule has 3 unspecified atom stereocenters. The molecule has 0 N–H and O–H groups in total. The molecule has 2 aliphatic rings. The van der Waals surface area contributed by atoms with Gasteiger partial charge in [0.1, 0.15) is 5.78 Å². The SMILES string of the molecule is CC1=CC2C(CC1)C(=O)CCC2C(C)C. The quantitative estimate of drug-likeness (QED) is 0.599. The van der Waals surface area contributed by atoms with Crippen molar-refractivity contribution < 1.29 is 4.79 Å². The van der Waals surface area contributed by atoms with E-state index in [4.69, 9.17) is 0 Å².